The van der Waals surface area contributed by atoms with Gasteiger partial charge in [-0.25, -0.2) is 4.39 Å². The first-order valence-electron chi connectivity index (χ1n) is 10.7. The van der Waals surface area contributed by atoms with Crippen LogP contribution in [0, 0.1) is 0 Å². The lowest BCUT2D eigenvalue weighted by atomic mass is 10.2. The molecule has 33 heavy (non-hydrogen) atoms. The third kappa shape index (κ3) is 6.62. The van der Waals surface area contributed by atoms with Crippen molar-refractivity contribution in [3.05, 3.63) is 48.2 Å². The standard InChI is InChI=1S/C20H25FN10O2/c21-15-10-29(11-15)14-19(32)24-18-13-31(28-26-18)8-4-3-7-30-12-17(25-27-30)20(33)23-9-16-5-1-2-6-22-16/h1-2,5-6,12-13,15H,3-4,7-11,14H2,(H,23,33)(H,24,32). The molecule has 174 valence electrons. The smallest absolute Gasteiger partial charge is 0.273 e. The van der Waals surface area contributed by atoms with Gasteiger partial charge in [-0.3, -0.25) is 28.8 Å². The van der Waals surface area contributed by atoms with E-state index in [1.165, 1.54) is 0 Å². The predicted octanol–water partition coefficient (Wildman–Crippen LogP) is 0.267. The first kappa shape index (κ1) is 22.5. The zero-order chi connectivity index (χ0) is 23.0. The summed E-state index contributed by atoms with van der Waals surface area (Å²) in [4.78, 5) is 30.0. The number of carbonyl (C=O) groups is 2. The number of nitrogens with zero attached hydrogens (tertiary/aromatic N) is 8. The highest BCUT2D eigenvalue weighted by molar-refractivity contribution is 5.92. The van der Waals surface area contributed by atoms with Crippen LogP contribution in [0.2, 0.25) is 0 Å². The highest BCUT2D eigenvalue weighted by atomic mass is 19.1. The van der Waals surface area contributed by atoms with Crippen molar-refractivity contribution in [1.82, 2.24) is 45.2 Å². The number of alkyl halides is 1. The van der Waals surface area contributed by atoms with Crippen LogP contribution in [0.5, 0.6) is 0 Å². The van der Waals surface area contributed by atoms with Gasteiger partial charge in [-0.1, -0.05) is 16.5 Å². The van der Waals surface area contributed by atoms with Crippen LogP contribution < -0.4 is 10.6 Å². The second-order valence-electron chi connectivity index (χ2n) is 7.78. The van der Waals surface area contributed by atoms with Crippen molar-refractivity contribution in [2.24, 2.45) is 0 Å². The number of hydrogen-bond donors (Lipinski definition) is 2. The molecule has 3 aromatic rings. The SMILES string of the molecule is O=C(CN1CC(F)C1)Nc1cn(CCCCn2cc(C(=O)NCc3ccccn3)nn2)nn1. The second-order valence-corrected chi connectivity index (χ2v) is 7.78. The van der Waals surface area contributed by atoms with Gasteiger partial charge in [-0.15, -0.1) is 10.2 Å². The quantitative estimate of drug-likeness (QED) is 0.393. The molecular weight excluding hydrogens is 431 g/mol. The minimum Gasteiger partial charge on any atom is -0.345 e. The van der Waals surface area contributed by atoms with E-state index >= 15 is 0 Å². The maximum atomic E-state index is 12.8. The Balaban J connectivity index is 1.13. The molecule has 1 aliphatic rings. The molecule has 3 aromatic heterocycles. The number of amides is 2. The van der Waals surface area contributed by atoms with E-state index in [9.17, 15) is 14.0 Å². The van der Waals surface area contributed by atoms with Gasteiger partial charge in [0.05, 0.1) is 31.2 Å². The average Bonchev–Trinajstić information content (AvgIpc) is 3.44. The van der Waals surface area contributed by atoms with Crippen LogP contribution in [0.15, 0.2) is 36.8 Å². The molecule has 0 radical (unpaired) electrons. The third-order valence-electron chi connectivity index (χ3n) is 5.04. The fourth-order valence-electron chi connectivity index (χ4n) is 3.31. The van der Waals surface area contributed by atoms with E-state index in [2.05, 4.69) is 36.2 Å². The maximum Gasteiger partial charge on any atom is 0.273 e. The number of likely N-dealkylation sites (tertiary alicyclic amines) is 1. The molecule has 1 fully saturated rings. The Morgan fingerprint density at radius 3 is 2.55 bits per heavy atom. The summed E-state index contributed by atoms with van der Waals surface area (Å²) in [7, 11) is 0. The monoisotopic (exact) mass is 456 g/mol. The Labute approximate surface area is 189 Å². The topological polar surface area (TPSA) is 136 Å². The number of nitrogens with one attached hydrogen (secondary N) is 2. The number of rotatable bonds is 11. The molecule has 13 heteroatoms. The van der Waals surface area contributed by atoms with Crippen LogP contribution >= 0.6 is 0 Å². The van der Waals surface area contributed by atoms with E-state index in [1.54, 1.807) is 32.9 Å². The number of pyridine rings is 1. The highest BCUT2D eigenvalue weighted by Gasteiger charge is 2.27. The molecule has 2 amide bonds. The Morgan fingerprint density at radius 1 is 1.06 bits per heavy atom. The summed E-state index contributed by atoms with van der Waals surface area (Å²) >= 11 is 0. The van der Waals surface area contributed by atoms with Crippen LogP contribution in [0.4, 0.5) is 10.2 Å². The van der Waals surface area contributed by atoms with E-state index < -0.39 is 6.17 Å². The highest BCUT2D eigenvalue weighted by Crippen LogP contribution is 2.11. The Hall–Kier alpha value is -3.74. The number of unbranched alkanes of at least 4 members (excludes halogenated alkanes) is 1. The lowest BCUT2D eigenvalue weighted by Crippen LogP contribution is -2.51. The van der Waals surface area contributed by atoms with Gasteiger partial charge < -0.3 is 10.6 Å². The van der Waals surface area contributed by atoms with Crippen LogP contribution in [0.3, 0.4) is 0 Å². The van der Waals surface area contributed by atoms with Crippen LogP contribution in [-0.2, 0) is 24.4 Å². The molecular formula is C20H25FN10O2. The van der Waals surface area contributed by atoms with E-state index in [0.29, 0.717) is 38.5 Å². The minimum atomic E-state index is -0.836. The Morgan fingerprint density at radius 2 is 1.82 bits per heavy atom. The largest absolute Gasteiger partial charge is 0.345 e. The molecule has 4 rings (SSSR count). The van der Waals surface area contributed by atoms with Gasteiger partial charge in [0.15, 0.2) is 11.5 Å². The molecule has 0 atom stereocenters. The van der Waals surface area contributed by atoms with Crippen molar-refractivity contribution >= 4 is 17.6 Å². The first-order chi connectivity index (χ1) is 16.0. The Kier molecular flexibility index (Phi) is 7.29. The second kappa shape index (κ2) is 10.7. The molecule has 1 aliphatic heterocycles. The Bertz CT molecular complexity index is 1060. The zero-order valence-electron chi connectivity index (χ0n) is 18.0. The molecule has 0 aliphatic carbocycles. The summed E-state index contributed by atoms with van der Waals surface area (Å²) in [6.07, 6.45) is 5.69. The van der Waals surface area contributed by atoms with Gasteiger partial charge in [0.1, 0.15) is 6.17 Å². The molecule has 4 heterocycles. The van der Waals surface area contributed by atoms with Crippen molar-refractivity contribution in [1.29, 1.82) is 0 Å². The number of hydrogen-bond acceptors (Lipinski definition) is 8. The van der Waals surface area contributed by atoms with Crippen molar-refractivity contribution in [2.75, 3.05) is 25.0 Å². The number of carbonyl (C=O) groups excluding carboxylic acids is 2. The molecule has 1 saturated heterocycles. The summed E-state index contributed by atoms with van der Waals surface area (Å²) in [5.74, 6) is -0.169. The van der Waals surface area contributed by atoms with Gasteiger partial charge in [-0.2, -0.15) is 0 Å². The summed E-state index contributed by atoms with van der Waals surface area (Å²) < 4.78 is 16.1. The molecule has 0 bridgehead atoms. The normalized spacial score (nSPS) is 14.1. The lowest BCUT2D eigenvalue weighted by molar-refractivity contribution is -0.119. The lowest BCUT2D eigenvalue weighted by Gasteiger charge is -2.33. The van der Waals surface area contributed by atoms with Crippen LogP contribution in [0.25, 0.3) is 0 Å². The first-order valence-corrected chi connectivity index (χ1v) is 10.7. The number of aryl methyl sites for hydroxylation is 2. The summed E-state index contributed by atoms with van der Waals surface area (Å²) in [6, 6.07) is 5.51. The predicted molar refractivity (Wildman–Crippen MR) is 115 cm³/mol. The fraction of sp³-hybridized carbons (Fsp3) is 0.450. The van der Waals surface area contributed by atoms with Crippen molar-refractivity contribution in [3.8, 4) is 0 Å². The van der Waals surface area contributed by atoms with Crippen LogP contribution in [-0.4, -0.2) is 77.5 Å². The fourth-order valence-corrected chi connectivity index (χ4v) is 3.31. The van der Waals surface area contributed by atoms with E-state index in [-0.39, 0.29) is 24.1 Å². The minimum absolute atomic E-state index is 0.147. The number of anilines is 1. The zero-order valence-corrected chi connectivity index (χ0v) is 18.0. The van der Waals surface area contributed by atoms with Gasteiger partial charge in [0.2, 0.25) is 5.91 Å². The van der Waals surface area contributed by atoms with Crippen molar-refractivity contribution < 1.29 is 14.0 Å². The van der Waals surface area contributed by atoms with Crippen molar-refractivity contribution in [2.45, 2.75) is 38.6 Å². The van der Waals surface area contributed by atoms with Crippen molar-refractivity contribution in [3.63, 3.8) is 0 Å². The average molecular weight is 456 g/mol. The van der Waals surface area contributed by atoms with Gasteiger partial charge in [0.25, 0.3) is 5.91 Å². The van der Waals surface area contributed by atoms with Gasteiger partial charge in [0, 0.05) is 32.4 Å². The molecule has 0 unspecified atom stereocenters. The molecule has 12 nitrogen and oxygen atoms in total. The van der Waals surface area contributed by atoms with Crippen LogP contribution in [0.1, 0.15) is 29.0 Å². The summed E-state index contributed by atoms with van der Waals surface area (Å²) in [5.41, 5.74) is 1.02. The molecule has 0 spiro atoms. The summed E-state index contributed by atoms with van der Waals surface area (Å²) in [5, 5.41) is 21.3. The number of halogens is 1. The molecule has 0 aromatic carbocycles. The van der Waals surface area contributed by atoms with E-state index in [1.807, 2.05) is 18.2 Å². The molecule has 0 saturated carbocycles. The van der Waals surface area contributed by atoms with Gasteiger partial charge in [-0.05, 0) is 25.0 Å². The third-order valence-corrected chi connectivity index (χ3v) is 5.04. The van der Waals surface area contributed by atoms with Gasteiger partial charge >= 0.3 is 0 Å². The summed E-state index contributed by atoms with van der Waals surface area (Å²) in [6.45, 7) is 2.28. The van der Waals surface area contributed by atoms with E-state index in [4.69, 9.17) is 0 Å². The van der Waals surface area contributed by atoms with E-state index in [0.717, 1.165) is 18.5 Å². The molecule has 2 N–H and O–H groups in total. The number of aromatic nitrogens is 7. The maximum absolute atomic E-state index is 12.8.